The van der Waals surface area contributed by atoms with Crippen LogP contribution >= 0.6 is 0 Å². The van der Waals surface area contributed by atoms with E-state index in [1.54, 1.807) is 0 Å². The summed E-state index contributed by atoms with van der Waals surface area (Å²) < 4.78 is 0. The van der Waals surface area contributed by atoms with E-state index in [9.17, 15) is 0 Å². The van der Waals surface area contributed by atoms with Gasteiger partial charge in [0.05, 0.1) is 0 Å². The van der Waals surface area contributed by atoms with E-state index < -0.39 is 0 Å². The zero-order chi connectivity index (χ0) is 7.66. The molecule has 0 saturated carbocycles. The molecule has 11 heavy (non-hydrogen) atoms. The third kappa shape index (κ3) is 13.0. The summed E-state index contributed by atoms with van der Waals surface area (Å²) in [7, 11) is 0. The van der Waals surface area contributed by atoms with Crippen LogP contribution in [-0.2, 0) is 16.8 Å². The molecule has 1 heteroatoms. The van der Waals surface area contributed by atoms with Crippen molar-refractivity contribution < 1.29 is 16.8 Å². The normalized spacial score (nSPS) is 11.8. The first-order chi connectivity index (χ1) is 4.91. The minimum atomic E-state index is 0. The summed E-state index contributed by atoms with van der Waals surface area (Å²) in [5, 5.41) is 0. The molecule has 65 valence electrons. The van der Waals surface area contributed by atoms with Crippen molar-refractivity contribution >= 4 is 0 Å². The van der Waals surface area contributed by atoms with Gasteiger partial charge in [0.25, 0.3) is 0 Å². The monoisotopic (exact) mass is 195 g/mol. The Bertz CT molecular complexity index is 91.4. The second-order valence-electron chi connectivity index (χ2n) is 2.21. The van der Waals surface area contributed by atoms with Crippen molar-refractivity contribution in [2.24, 2.45) is 0 Å². The van der Waals surface area contributed by atoms with E-state index in [1.165, 1.54) is 12.8 Å². The molecular formula is C10H16Co. The maximum absolute atomic E-state index is 3.68. The molecule has 1 aliphatic carbocycles. The van der Waals surface area contributed by atoms with Crippen molar-refractivity contribution in [1.29, 1.82) is 0 Å². The van der Waals surface area contributed by atoms with E-state index in [2.05, 4.69) is 26.0 Å². The number of allylic oxidation sites excluding steroid dienone is 4. The Morgan fingerprint density at radius 3 is 2.36 bits per heavy atom. The molecule has 0 saturated heterocycles. The summed E-state index contributed by atoms with van der Waals surface area (Å²) in [6.45, 7) is 5.85. The van der Waals surface area contributed by atoms with Crippen LogP contribution in [0.1, 0.15) is 32.6 Å². The van der Waals surface area contributed by atoms with Gasteiger partial charge >= 0.3 is 16.8 Å². The molecule has 0 aromatic heterocycles. The Labute approximate surface area is 81.0 Å². The molecule has 0 atom stereocenters. The van der Waals surface area contributed by atoms with Crippen LogP contribution in [0.2, 0.25) is 0 Å². The standard InChI is InChI=1S/C5H5.C5H11.Co/c1-2-4-5-3-1;1-3-5-4-2;/h1-3H,4H2;1,3-5H2,2H3;/q2*-1;+2. The van der Waals surface area contributed by atoms with Gasteiger partial charge in [0.15, 0.2) is 0 Å². The number of hydrogen-bond donors (Lipinski definition) is 0. The summed E-state index contributed by atoms with van der Waals surface area (Å²) in [4.78, 5) is 0. The minimum Gasteiger partial charge on any atom is -0.343 e. The molecule has 0 N–H and O–H groups in total. The van der Waals surface area contributed by atoms with E-state index in [-0.39, 0.29) is 16.8 Å². The van der Waals surface area contributed by atoms with Crippen LogP contribution in [-0.4, -0.2) is 0 Å². The van der Waals surface area contributed by atoms with Gasteiger partial charge in [-0.25, -0.2) is 12.2 Å². The van der Waals surface area contributed by atoms with Gasteiger partial charge in [-0.15, -0.1) is 6.42 Å². The molecule has 0 heterocycles. The molecule has 0 amide bonds. The van der Waals surface area contributed by atoms with Crippen LogP contribution in [0, 0.1) is 13.0 Å². The van der Waals surface area contributed by atoms with E-state index >= 15 is 0 Å². The van der Waals surface area contributed by atoms with Gasteiger partial charge < -0.3 is 6.92 Å². The molecule has 0 nitrogen and oxygen atoms in total. The number of unbranched alkanes of at least 4 members (excludes halogenated alkanes) is 2. The smallest absolute Gasteiger partial charge is 0.343 e. The van der Waals surface area contributed by atoms with Crippen LogP contribution in [0.5, 0.6) is 0 Å². The molecule has 0 bridgehead atoms. The maximum Gasteiger partial charge on any atom is 2.00 e. The van der Waals surface area contributed by atoms with E-state index in [1.807, 2.05) is 12.2 Å². The third-order valence-electron chi connectivity index (χ3n) is 1.19. The molecule has 1 aliphatic rings. The molecule has 0 aliphatic heterocycles. The fraction of sp³-hybridized carbons (Fsp3) is 0.500. The summed E-state index contributed by atoms with van der Waals surface area (Å²) >= 11 is 0. The van der Waals surface area contributed by atoms with Crippen molar-refractivity contribution in [2.75, 3.05) is 0 Å². The molecule has 0 spiro atoms. The number of hydrogen-bond acceptors (Lipinski definition) is 0. The second-order valence-corrected chi connectivity index (χ2v) is 2.21. The summed E-state index contributed by atoms with van der Waals surface area (Å²) in [5.74, 6) is 0. The zero-order valence-electron chi connectivity index (χ0n) is 7.10. The Morgan fingerprint density at radius 2 is 2.27 bits per heavy atom. The number of rotatable bonds is 2. The Balaban J connectivity index is 0. The van der Waals surface area contributed by atoms with Crippen molar-refractivity contribution in [3.8, 4) is 0 Å². The minimum absolute atomic E-state index is 0. The fourth-order valence-corrected chi connectivity index (χ4v) is 0.590. The van der Waals surface area contributed by atoms with Gasteiger partial charge in [0.1, 0.15) is 0 Å². The van der Waals surface area contributed by atoms with E-state index in [0.717, 1.165) is 12.8 Å². The average molecular weight is 195 g/mol. The zero-order valence-corrected chi connectivity index (χ0v) is 8.14. The van der Waals surface area contributed by atoms with Crippen molar-refractivity contribution in [3.05, 3.63) is 31.2 Å². The first-order valence-electron chi connectivity index (χ1n) is 3.92. The molecule has 0 aromatic carbocycles. The second kappa shape index (κ2) is 12.6. The van der Waals surface area contributed by atoms with Crippen molar-refractivity contribution in [3.63, 3.8) is 0 Å². The molecule has 1 rings (SSSR count). The summed E-state index contributed by atoms with van der Waals surface area (Å²) in [6, 6.07) is 0. The van der Waals surface area contributed by atoms with Gasteiger partial charge in [-0.3, -0.25) is 6.08 Å². The van der Waals surface area contributed by atoms with Crippen molar-refractivity contribution in [2.45, 2.75) is 32.6 Å². The first-order valence-corrected chi connectivity index (χ1v) is 3.92. The Kier molecular flexibility index (Phi) is 15.6. The maximum atomic E-state index is 3.68. The summed E-state index contributed by atoms with van der Waals surface area (Å²) in [6.07, 6.45) is 13.7. The predicted octanol–water partition coefficient (Wildman–Crippen LogP) is 3.31. The SMILES string of the molecule is [C-]1=CC=CC1.[CH2-]CCCC.[Co+2]. The van der Waals surface area contributed by atoms with Crippen LogP contribution in [0.15, 0.2) is 18.2 Å². The van der Waals surface area contributed by atoms with Crippen LogP contribution in [0.4, 0.5) is 0 Å². The Morgan fingerprint density at radius 1 is 1.55 bits per heavy atom. The van der Waals surface area contributed by atoms with Gasteiger partial charge in [-0.1, -0.05) is 19.8 Å². The van der Waals surface area contributed by atoms with Gasteiger partial charge in [-0.2, -0.15) is 12.5 Å². The Hall–Kier alpha value is -0.0135. The largest absolute Gasteiger partial charge is 2.00 e. The van der Waals surface area contributed by atoms with Gasteiger partial charge in [-0.05, 0) is 0 Å². The van der Waals surface area contributed by atoms with Crippen molar-refractivity contribution in [1.82, 2.24) is 0 Å². The molecule has 0 aromatic rings. The third-order valence-corrected chi connectivity index (χ3v) is 1.19. The quantitative estimate of drug-likeness (QED) is 0.593. The average Bonchev–Trinajstić information content (AvgIpc) is 2.44. The van der Waals surface area contributed by atoms with E-state index in [4.69, 9.17) is 0 Å². The molecule has 1 radical (unpaired) electrons. The fourth-order valence-electron chi connectivity index (χ4n) is 0.590. The topological polar surface area (TPSA) is 0 Å². The van der Waals surface area contributed by atoms with E-state index in [0.29, 0.717) is 0 Å². The van der Waals surface area contributed by atoms with Gasteiger partial charge in [0.2, 0.25) is 0 Å². The van der Waals surface area contributed by atoms with Crippen LogP contribution in [0.25, 0.3) is 0 Å². The predicted molar refractivity (Wildman–Crippen MR) is 46.5 cm³/mol. The molecule has 0 fully saturated rings. The first kappa shape index (κ1) is 13.6. The summed E-state index contributed by atoms with van der Waals surface area (Å²) in [5.41, 5.74) is 0. The molecule has 0 unspecified atom stereocenters. The van der Waals surface area contributed by atoms with Gasteiger partial charge in [0, 0.05) is 0 Å². The van der Waals surface area contributed by atoms with Crippen LogP contribution in [0.3, 0.4) is 0 Å². The van der Waals surface area contributed by atoms with Crippen LogP contribution < -0.4 is 0 Å². The molecular weight excluding hydrogens is 179 g/mol.